The summed E-state index contributed by atoms with van der Waals surface area (Å²) in [7, 11) is 0. The Balaban J connectivity index is 1.55. The maximum Gasteiger partial charge on any atom is 0.228 e. The molecule has 1 aromatic carbocycles. The third kappa shape index (κ3) is 4.20. The molecular weight excluding hydrogens is 392 g/mol. The van der Waals surface area contributed by atoms with Crippen molar-refractivity contribution in [3.05, 3.63) is 50.9 Å². The summed E-state index contributed by atoms with van der Waals surface area (Å²) in [6.45, 7) is 3.96. The molecule has 2 heterocycles. The predicted molar refractivity (Wildman–Crippen MR) is 118 cm³/mol. The molecule has 1 amide bonds. The van der Waals surface area contributed by atoms with Crippen LogP contribution >= 0.6 is 24.2 Å². The molecule has 4 rings (SSSR count). The summed E-state index contributed by atoms with van der Waals surface area (Å²) < 4.78 is 0. The van der Waals surface area contributed by atoms with Gasteiger partial charge in [-0.05, 0) is 41.7 Å². The molecule has 1 atom stereocenters. The van der Waals surface area contributed by atoms with Crippen LogP contribution in [0.15, 0.2) is 34.8 Å². The first-order valence-electron chi connectivity index (χ1n) is 9.75. The van der Waals surface area contributed by atoms with Crippen molar-refractivity contribution in [2.75, 3.05) is 31.5 Å². The van der Waals surface area contributed by atoms with Crippen molar-refractivity contribution < 1.29 is 4.79 Å². The van der Waals surface area contributed by atoms with Crippen LogP contribution < -0.4 is 10.6 Å². The number of anilines is 1. The molecule has 3 N–H and O–H groups in total. The first kappa shape index (κ1) is 19.7. The van der Waals surface area contributed by atoms with Gasteiger partial charge in [0.1, 0.15) is 0 Å². The predicted octanol–water partition coefficient (Wildman–Crippen LogP) is 3.20. The van der Waals surface area contributed by atoms with Crippen LogP contribution in [0.3, 0.4) is 0 Å². The van der Waals surface area contributed by atoms with E-state index in [0.717, 1.165) is 60.7 Å². The Hall–Kier alpha value is -1.60. The lowest BCUT2D eigenvalue weighted by Crippen LogP contribution is -2.49. The van der Waals surface area contributed by atoms with Gasteiger partial charge in [0, 0.05) is 60.0 Å². The summed E-state index contributed by atoms with van der Waals surface area (Å²) in [6, 6.07) is 4.21. The maximum atomic E-state index is 11.7. The first-order valence-corrected chi connectivity index (χ1v) is 10.6. The average molecular weight is 417 g/mol. The second-order valence-electron chi connectivity index (χ2n) is 7.58. The SMILES string of the molecule is N=C1C=C(S)C(C(CCc2cc3c(cc2Cl)NC(=O)C3)N2CCNCC2)=CC1. The van der Waals surface area contributed by atoms with E-state index in [1.54, 1.807) is 0 Å². The zero-order valence-corrected chi connectivity index (χ0v) is 17.4. The lowest BCUT2D eigenvalue weighted by molar-refractivity contribution is -0.115. The number of nitrogens with zero attached hydrogens (tertiary/aromatic N) is 1. The first-order chi connectivity index (χ1) is 13.5. The molecule has 28 heavy (non-hydrogen) atoms. The highest BCUT2D eigenvalue weighted by Crippen LogP contribution is 2.33. The number of carbonyl (C=O) groups excluding carboxylic acids is 1. The Morgan fingerprint density at radius 1 is 1.29 bits per heavy atom. The van der Waals surface area contributed by atoms with Crippen molar-refractivity contribution in [3.8, 4) is 0 Å². The third-order valence-electron chi connectivity index (χ3n) is 5.68. The number of thiol groups is 1. The van der Waals surface area contributed by atoms with E-state index >= 15 is 0 Å². The van der Waals surface area contributed by atoms with Crippen LogP contribution in [0.4, 0.5) is 5.69 Å². The highest BCUT2D eigenvalue weighted by Gasteiger charge is 2.27. The van der Waals surface area contributed by atoms with Gasteiger partial charge in [0.05, 0.1) is 6.42 Å². The number of hydrogen-bond acceptors (Lipinski definition) is 5. The van der Waals surface area contributed by atoms with Gasteiger partial charge in [-0.15, -0.1) is 12.6 Å². The van der Waals surface area contributed by atoms with E-state index in [9.17, 15) is 4.79 Å². The number of allylic oxidation sites excluding steroid dienone is 2. The summed E-state index contributed by atoms with van der Waals surface area (Å²) in [5.41, 5.74) is 4.78. The zero-order valence-electron chi connectivity index (χ0n) is 15.7. The summed E-state index contributed by atoms with van der Waals surface area (Å²) in [4.78, 5) is 15.1. The van der Waals surface area contributed by atoms with Crippen molar-refractivity contribution in [1.29, 1.82) is 5.41 Å². The molecule has 3 aliphatic rings. The molecule has 1 unspecified atom stereocenters. The average Bonchev–Trinajstić information content (AvgIpc) is 3.03. The van der Waals surface area contributed by atoms with Gasteiger partial charge in [0.2, 0.25) is 5.91 Å². The molecule has 1 aromatic rings. The Kier molecular flexibility index (Phi) is 5.92. The number of carbonyl (C=O) groups is 1. The second-order valence-corrected chi connectivity index (χ2v) is 8.47. The number of aryl methyl sites for hydroxylation is 1. The number of amides is 1. The van der Waals surface area contributed by atoms with Gasteiger partial charge >= 0.3 is 0 Å². The van der Waals surface area contributed by atoms with Gasteiger partial charge in [-0.25, -0.2) is 0 Å². The van der Waals surface area contributed by atoms with Crippen molar-refractivity contribution in [1.82, 2.24) is 10.2 Å². The minimum absolute atomic E-state index is 0.0292. The monoisotopic (exact) mass is 416 g/mol. The van der Waals surface area contributed by atoms with Crippen molar-refractivity contribution >= 4 is 41.5 Å². The lowest BCUT2D eigenvalue weighted by atomic mass is 9.92. The summed E-state index contributed by atoms with van der Waals surface area (Å²) in [5.74, 6) is 0.0292. The van der Waals surface area contributed by atoms with Crippen molar-refractivity contribution in [3.63, 3.8) is 0 Å². The van der Waals surface area contributed by atoms with Crippen LogP contribution in [-0.4, -0.2) is 48.7 Å². The molecule has 0 spiro atoms. The molecular formula is C21H25ClN4OS. The van der Waals surface area contributed by atoms with E-state index in [0.29, 0.717) is 23.6 Å². The van der Waals surface area contributed by atoms with E-state index < -0.39 is 0 Å². The minimum atomic E-state index is 0.0292. The quantitative estimate of drug-likeness (QED) is 0.557. The summed E-state index contributed by atoms with van der Waals surface area (Å²) in [6.07, 6.45) is 6.88. The normalized spacial score (nSPS) is 21.1. The Morgan fingerprint density at radius 3 is 2.82 bits per heavy atom. The topological polar surface area (TPSA) is 68.2 Å². The molecule has 148 valence electrons. The van der Waals surface area contributed by atoms with Gasteiger partial charge in [-0.3, -0.25) is 9.69 Å². The standard InChI is InChI=1S/C21H25ClN4OS/c22-17-12-18-14(10-21(27)25-18)9-13(17)1-4-19(26-7-5-24-6-8-26)16-3-2-15(23)11-20(16)28/h3,9,11-12,19,23-24,28H,1-2,4-8,10H2,(H,25,27). The molecule has 2 aliphatic heterocycles. The summed E-state index contributed by atoms with van der Waals surface area (Å²) in [5, 5.41) is 14.9. The van der Waals surface area contributed by atoms with Gasteiger partial charge in [-0.2, -0.15) is 0 Å². The molecule has 0 radical (unpaired) electrons. The van der Waals surface area contributed by atoms with Crippen molar-refractivity contribution in [2.24, 2.45) is 0 Å². The highest BCUT2D eigenvalue weighted by molar-refractivity contribution is 7.84. The molecule has 0 saturated carbocycles. The van der Waals surface area contributed by atoms with E-state index in [4.69, 9.17) is 17.0 Å². The summed E-state index contributed by atoms with van der Waals surface area (Å²) >= 11 is 11.2. The van der Waals surface area contributed by atoms with Crippen molar-refractivity contribution in [2.45, 2.75) is 31.7 Å². The fraction of sp³-hybridized carbons (Fsp3) is 0.429. The molecule has 1 aliphatic carbocycles. The molecule has 0 bridgehead atoms. The maximum absolute atomic E-state index is 11.7. The van der Waals surface area contributed by atoms with Crippen LogP contribution in [-0.2, 0) is 17.6 Å². The number of hydrogen-bond donors (Lipinski definition) is 4. The zero-order chi connectivity index (χ0) is 19.7. The second kappa shape index (κ2) is 8.41. The largest absolute Gasteiger partial charge is 0.325 e. The number of piperazine rings is 1. The Labute approximate surface area is 176 Å². The highest BCUT2D eigenvalue weighted by atomic mass is 35.5. The van der Waals surface area contributed by atoms with Crippen LogP contribution in [0, 0.1) is 5.41 Å². The smallest absolute Gasteiger partial charge is 0.228 e. The van der Waals surface area contributed by atoms with E-state index in [1.807, 2.05) is 12.1 Å². The Bertz CT molecular complexity index is 873. The molecule has 7 heteroatoms. The van der Waals surface area contributed by atoms with Crippen LogP contribution in [0.5, 0.6) is 0 Å². The molecule has 5 nitrogen and oxygen atoms in total. The third-order valence-corrected chi connectivity index (χ3v) is 6.42. The number of rotatable bonds is 5. The van der Waals surface area contributed by atoms with Gasteiger partial charge < -0.3 is 16.0 Å². The van der Waals surface area contributed by atoms with E-state index in [-0.39, 0.29) is 11.9 Å². The lowest BCUT2D eigenvalue weighted by Gasteiger charge is -2.37. The van der Waals surface area contributed by atoms with Gasteiger partial charge in [0.25, 0.3) is 0 Å². The van der Waals surface area contributed by atoms with Gasteiger partial charge in [-0.1, -0.05) is 23.7 Å². The molecule has 1 saturated heterocycles. The van der Waals surface area contributed by atoms with Crippen LogP contribution in [0.25, 0.3) is 0 Å². The minimum Gasteiger partial charge on any atom is -0.325 e. The van der Waals surface area contributed by atoms with Crippen LogP contribution in [0.1, 0.15) is 24.0 Å². The van der Waals surface area contributed by atoms with Gasteiger partial charge in [0.15, 0.2) is 0 Å². The van der Waals surface area contributed by atoms with E-state index in [1.165, 1.54) is 5.57 Å². The fourth-order valence-corrected chi connectivity index (χ4v) is 4.90. The van der Waals surface area contributed by atoms with E-state index in [2.05, 4.69) is 40.3 Å². The fourth-order valence-electron chi connectivity index (χ4n) is 4.25. The van der Waals surface area contributed by atoms with Crippen LogP contribution in [0.2, 0.25) is 5.02 Å². The molecule has 1 fully saturated rings. The Morgan fingerprint density at radius 2 is 2.07 bits per heavy atom. The molecule has 0 aromatic heterocycles. The number of benzene rings is 1. The number of halogens is 1. The number of nitrogens with one attached hydrogen (secondary N) is 3. The number of fused-ring (bicyclic) bond motifs is 1.